The molecule has 0 radical (unpaired) electrons. The first-order valence-electron chi connectivity index (χ1n) is 10.1. The summed E-state index contributed by atoms with van der Waals surface area (Å²) in [5.74, 6) is -0.133. The lowest BCUT2D eigenvalue weighted by Gasteiger charge is -2.38. The Morgan fingerprint density at radius 3 is 2.55 bits per heavy atom. The zero-order valence-corrected chi connectivity index (χ0v) is 18.9. The molecule has 0 saturated carbocycles. The van der Waals surface area contributed by atoms with Gasteiger partial charge in [-0.2, -0.15) is 0 Å². The third-order valence-electron chi connectivity index (χ3n) is 6.14. The van der Waals surface area contributed by atoms with Crippen molar-refractivity contribution in [2.75, 3.05) is 50.4 Å². The average Bonchev–Trinajstić information content (AvgIpc) is 3.15. The Labute approximate surface area is 176 Å². The number of carbonyl (C=O) groups excluding carboxylic acids is 1. The molecule has 4 rings (SSSR count). The molecule has 1 aromatic carbocycles. The van der Waals surface area contributed by atoms with Crippen LogP contribution in [0, 0.1) is 19.8 Å². The fourth-order valence-electron chi connectivity index (χ4n) is 4.17. The van der Waals surface area contributed by atoms with Crippen molar-refractivity contribution in [2.24, 2.45) is 5.92 Å². The fraction of sp³-hybridized carbons (Fsp3) is 0.600. The summed E-state index contributed by atoms with van der Waals surface area (Å²) in [4.78, 5) is 22.0. The van der Waals surface area contributed by atoms with Crippen LogP contribution in [0.4, 0.5) is 5.13 Å². The number of thiazole rings is 1. The molecule has 0 N–H and O–H groups in total. The molecule has 2 aliphatic heterocycles. The number of aryl methyl sites for hydroxylation is 2. The Morgan fingerprint density at radius 2 is 1.86 bits per heavy atom. The summed E-state index contributed by atoms with van der Waals surface area (Å²) >= 11 is 1.71. The molecule has 7 nitrogen and oxygen atoms in total. The second kappa shape index (κ2) is 7.85. The second-order valence-electron chi connectivity index (χ2n) is 8.12. The van der Waals surface area contributed by atoms with E-state index in [4.69, 9.17) is 4.98 Å². The number of hydrogen-bond acceptors (Lipinski definition) is 6. The molecule has 9 heteroatoms. The molecular weight excluding hydrogens is 408 g/mol. The number of aromatic nitrogens is 1. The van der Waals surface area contributed by atoms with E-state index >= 15 is 0 Å². The summed E-state index contributed by atoms with van der Waals surface area (Å²) in [6.07, 6.45) is 2.73. The number of benzene rings is 1. The van der Waals surface area contributed by atoms with Gasteiger partial charge < -0.3 is 9.80 Å². The normalized spacial score (nSPS) is 21.7. The zero-order valence-electron chi connectivity index (χ0n) is 17.2. The topological polar surface area (TPSA) is 73.8 Å². The standard InChI is InChI=1S/C20H28N4O3S2/c1-14-6-7-17-18(15(14)2)21-20(28-17)23-11-9-22(10-12-23)19(25)16-5-4-8-24(13-16)29(3,26)27/h6-7,16H,4-5,8-13H2,1-3H3. The van der Waals surface area contributed by atoms with Crippen LogP contribution in [0.15, 0.2) is 12.1 Å². The van der Waals surface area contributed by atoms with Crippen LogP contribution in [0.1, 0.15) is 24.0 Å². The van der Waals surface area contributed by atoms with Crippen molar-refractivity contribution in [1.29, 1.82) is 0 Å². The summed E-state index contributed by atoms with van der Waals surface area (Å²) in [6, 6.07) is 4.27. The average molecular weight is 437 g/mol. The Kier molecular flexibility index (Phi) is 5.56. The van der Waals surface area contributed by atoms with Crippen molar-refractivity contribution < 1.29 is 13.2 Å². The Balaban J connectivity index is 1.40. The van der Waals surface area contributed by atoms with Crippen LogP contribution < -0.4 is 4.90 Å². The van der Waals surface area contributed by atoms with E-state index in [1.807, 2.05) is 4.90 Å². The van der Waals surface area contributed by atoms with Gasteiger partial charge in [0.25, 0.3) is 0 Å². The number of anilines is 1. The van der Waals surface area contributed by atoms with Crippen molar-refractivity contribution in [3.05, 3.63) is 23.3 Å². The number of piperidine rings is 1. The minimum atomic E-state index is -3.24. The summed E-state index contributed by atoms with van der Waals surface area (Å²) < 4.78 is 26.3. The molecule has 29 heavy (non-hydrogen) atoms. The van der Waals surface area contributed by atoms with Gasteiger partial charge >= 0.3 is 0 Å². The smallest absolute Gasteiger partial charge is 0.227 e. The van der Waals surface area contributed by atoms with E-state index in [-0.39, 0.29) is 11.8 Å². The molecule has 1 atom stereocenters. The number of carbonyl (C=O) groups is 1. The molecule has 1 amide bonds. The molecule has 2 saturated heterocycles. The van der Waals surface area contributed by atoms with Crippen molar-refractivity contribution in [3.8, 4) is 0 Å². The predicted molar refractivity (Wildman–Crippen MR) is 117 cm³/mol. The lowest BCUT2D eigenvalue weighted by atomic mass is 9.98. The van der Waals surface area contributed by atoms with Crippen LogP contribution in [-0.2, 0) is 14.8 Å². The van der Waals surface area contributed by atoms with Gasteiger partial charge in [-0.25, -0.2) is 17.7 Å². The van der Waals surface area contributed by atoms with Crippen molar-refractivity contribution in [3.63, 3.8) is 0 Å². The van der Waals surface area contributed by atoms with Crippen LogP contribution in [0.3, 0.4) is 0 Å². The Bertz CT molecular complexity index is 1030. The highest BCUT2D eigenvalue weighted by molar-refractivity contribution is 7.88. The molecule has 1 aromatic heterocycles. The molecule has 2 aromatic rings. The highest BCUT2D eigenvalue weighted by Crippen LogP contribution is 2.32. The van der Waals surface area contributed by atoms with Crippen molar-refractivity contribution >= 4 is 42.6 Å². The van der Waals surface area contributed by atoms with Crippen LogP contribution in [0.25, 0.3) is 10.2 Å². The monoisotopic (exact) mass is 436 g/mol. The third kappa shape index (κ3) is 4.13. The minimum absolute atomic E-state index is 0.0915. The van der Waals surface area contributed by atoms with Gasteiger partial charge in [-0.3, -0.25) is 4.79 Å². The quantitative estimate of drug-likeness (QED) is 0.738. The second-order valence-corrected chi connectivity index (χ2v) is 11.1. The molecular formula is C20H28N4O3S2. The van der Waals surface area contributed by atoms with Gasteiger partial charge in [0.1, 0.15) is 0 Å². The third-order valence-corrected chi connectivity index (χ3v) is 8.49. The molecule has 2 fully saturated rings. The van der Waals surface area contributed by atoms with Crippen LogP contribution in [0.5, 0.6) is 0 Å². The number of amides is 1. The molecule has 0 bridgehead atoms. The summed E-state index contributed by atoms with van der Waals surface area (Å²) in [5.41, 5.74) is 3.55. The summed E-state index contributed by atoms with van der Waals surface area (Å²) in [7, 11) is -3.24. The maximum atomic E-state index is 13.0. The van der Waals surface area contributed by atoms with E-state index in [9.17, 15) is 13.2 Å². The molecule has 0 spiro atoms. The van der Waals surface area contributed by atoms with Crippen LogP contribution >= 0.6 is 11.3 Å². The van der Waals surface area contributed by atoms with Gasteiger partial charge in [-0.15, -0.1) is 0 Å². The fourth-order valence-corrected chi connectivity index (χ4v) is 6.16. The first kappa shape index (κ1) is 20.6. The Morgan fingerprint density at radius 1 is 1.14 bits per heavy atom. The lowest BCUT2D eigenvalue weighted by Crippen LogP contribution is -2.53. The SMILES string of the molecule is Cc1ccc2sc(N3CCN(C(=O)C4CCCN(S(C)(=O)=O)C4)CC3)nc2c1C. The molecule has 0 aliphatic carbocycles. The van der Waals surface area contributed by atoms with Gasteiger partial charge in [0.2, 0.25) is 15.9 Å². The zero-order chi connectivity index (χ0) is 20.8. The number of rotatable bonds is 3. The van der Waals surface area contributed by atoms with Crippen molar-refractivity contribution in [2.45, 2.75) is 26.7 Å². The number of piperazine rings is 1. The van der Waals surface area contributed by atoms with Gasteiger partial charge in [-0.05, 0) is 43.9 Å². The van der Waals surface area contributed by atoms with Crippen LogP contribution in [0.2, 0.25) is 0 Å². The van der Waals surface area contributed by atoms with E-state index < -0.39 is 10.0 Å². The van der Waals surface area contributed by atoms with Gasteiger partial charge in [-0.1, -0.05) is 17.4 Å². The van der Waals surface area contributed by atoms with E-state index in [0.717, 1.165) is 36.6 Å². The number of sulfonamides is 1. The summed E-state index contributed by atoms with van der Waals surface area (Å²) in [5, 5.41) is 1.02. The minimum Gasteiger partial charge on any atom is -0.345 e. The largest absolute Gasteiger partial charge is 0.345 e. The first-order chi connectivity index (χ1) is 13.7. The molecule has 2 aliphatic rings. The van der Waals surface area contributed by atoms with E-state index in [1.54, 1.807) is 11.3 Å². The predicted octanol–water partition coefficient (Wildman–Crippen LogP) is 2.23. The van der Waals surface area contributed by atoms with E-state index in [1.165, 1.54) is 26.4 Å². The van der Waals surface area contributed by atoms with E-state index in [2.05, 4.69) is 30.9 Å². The van der Waals surface area contributed by atoms with Gasteiger partial charge in [0.15, 0.2) is 5.13 Å². The highest BCUT2D eigenvalue weighted by Gasteiger charge is 2.34. The molecule has 3 heterocycles. The maximum Gasteiger partial charge on any atom is 0.227 e. The maximum absolute atomic E-state index is 13.0. The summed E-state index contributed by atoms with van der Waals surface area (Å²) in [6.45, 7) is 7.87. The first-order valence-corrected chi connectivity index (χ1v) is 12.8. The molecule has 1 unspecified atom stereocenters. The number of nitrogens with zero attached hydrogens (tertiary/aromatic N) is 4. The lowest BCUT2D eigenvalue weighted by molar-refractivity contribution is -0.137. The van der Waals surface area contributed by atoms with E-state index in [0.29, 0.717) is 26.2 Å². The van der Waals surface area contributed by atoms with Crippen molar-refractivity contribution in [1.82, 2.24) is 14.2 Å². The number of fused-ring (bicyclic) bond motifs is 1. The van der Waals surface area contributed by atoms with Crippen LogP contribution in [-0.4, -0.2) is 74.0 Å². The molecule has 158 valence electrons. The highest BCUT2D eigenvalue weighted by atomic mass is 32.2. The van der Waals surface area contributed by atoms with Gasteiger partial charge in [0.05, 0.1) is 22.4 Å². The number of hydrogen-bond donors (Lipinski definition) is 0. The Hall–Kier alpha value is -1.71. The van der Waals surface area contributed by atoms with Gasteiger partial charge in [0, 0.05) is 39.3 Å².